The molecule has 0 saturated heterocycles. The van der Waals surface area contributed by atoms with E-state index >= 15 is 0 Å². The summed E-state index contributed by atoms with van der Waals surface area (Å²) in [6.45, 7) is 13.9. The maximum absolute atomic E-state index is 13.5. The van der Waals surface area contributed by atoms with Crippen LogP contribution in [-0.4, -0.2) is 29.9 Å². The molecule has 0 spiro atoms. The Bertz CT molecular complexity index is 650. The first-order chi connectivity index (χ1) is 12.5. The summed E-state index contributed by atoms with van der Waals surface area (Å²) in [4.78, 5) is 12.3. The largest absolute Gasteiger partial charge is 0.431 e. The first-order valence-corrected chi connectivity index (χ1v) is 12.1. The van der Waals surface area contributed by atoms with Crippen molar-refractivity contribution in [2.24, 2.45) is 0 Å². The molecule has 154 valence electrons. The second-order valence-corrected chi connectivity index (χ2v) is 11.2. The van der Waals surface area contributed by atoms with Gasteiger partial charge in [-0.3, -0.25) is 9.36 Å². The van der Waals surface area contributed by atoms with Crippen LogP contribution in [0.3, 0.4) is 0 Å². The Hall–Kier alpha value is -0.810. The molecule has 1 aromatic carbocycles. The standard InChI is InChI=1S/C20H34NO4PS/c1-13(2)17-10-9-11-18(14(3)4)19(17)25-26(23,12-24-8)21-16(7)20(22)27-15(5)6/h9-11,13-16H,12H2,1-8H3,(H,21,23)/t16-,26?/m0/s1. The molecule has 0 heterocycles. The fourth-order valence-corrected chi connectivity index (χ4v) is 5.23. The van der Waals surface area contributed by atoms with Crippen LogP contribution < -0.4 is 9.61 Å². The van der Waals surface area contributed by atoms with Crippen LogP contribution >= 0.6 is 19.3 Å². The fourth-order valence-electron chi connectivity index (χ4n) is 2.68. The molecule has 0 bridgehead atoms. The molecular formula is C20H34NO4PS. The van der Waals surface area contributed by atoms with E-state index in [9.17, 15) is 9.36 Å². The van der Waals surface area contributed by atoms with E-state index in [2.05, 4.69) is 32.8 Å². The summed E-state index contributed by atoms with van der Waals surface area (Å²) in [6.07, 6.45) is -0.110. The van der Waals surface area contributed by atoms with Gasteiger partial charge in [-0.25, -0.2) is 5.09 Å². The van der Waals surface area contributed by atoms with Gasteiger partial charge in [-0.15, -0.1) is 0 Å². The highest BCUT2D eigenvalue weighted by Gasteiger charge is 2.32. The highest BCUT2D eigenvalue weighted by atomic mass is 32.2. The summed E-state index contributed by atoms with van der Waals surface area (Å²) < 4.78 is 24.8. The predicted octanol–water partition coefficient (Wildman–Crippen LogP) is 5.76. The second-order valence-electron chi connectivity index (χ2n) is 7.59. The number of hydrogen-bond acceptors (Lipinski definition) is 5. The Morgan fingerprint density at radius 1 is 1.07 bits per heavy atom. The Morgan fingerprint density at radius 3 is 2.00 bits per heavy atom. The number of hydrogen-bond donors (Lipinski definition) is 1. The number of ether oxygens (including phenoxy) is 1. The van der Waals surface area contributed by atoms with E-state index in [0.717, 1.165) is 11.1 Å². The first-order valence-electron chi connectivity index (χ1n) is 9.39. The van der Waals surface area contributed by atoms with Crippen LogP contribution in [0.15, 0.2) is 18.2 Å². The van der Waals surface area contributed by atoms with E-state index in [1.165, 1.54) is 18.9 Å². The number of carbonyl (C=O) groups is 1. The van der Waals surface area contributed by atoms with E-state index < -0.39 is 13.6 Å². The molecule has 5 nitrogen and oxygen atoms in total. The highest BCUT2D eigenvalue weighted by molar-refractivity contribution is 8.14. The minimum atomic E-state index is -3.43. The molecule has 0 aliphatic rings. The lowest BCUT2D eigenvalue weighted by atomic mass is 9.94. The minimum Gasteiger partial charge on any atom is -0.431 e. The molecule has 7 heteroatoms. The van der Waals surface area contributed by atoms with Gasteiger partial charge in [-0.05, 0) is 29.9 Å². The lowest BCUT2D eigenvalue weighted by Gasteiger charge is -2.27. The average molecular weight is 416 g/mol. The van der Waals surface area contributed by atoms with Crippen molar-refractivity contribution < 1.29 is 18.6 Å². The summed E-state index contributed by atoms with van der Waals surface area (Å²) in [7, 11) is -1.96. The van der Waals surface area contributed by atoms with Gasteiger partial charge in [0.2, 0.25) is 5.12 Å². The molecule has 1 rings (SSSR count). The molecule has 0 aromatic heterocycles. The van der Waals surface area contributed by atoms with Gasteiger partial charge >= 0.3 is 7.52 Å². The van der Waals surface area contributed by atoms with E-state index in [1.54, 1.807) is 6.92 Å². The van der Waals surface area contributed by atoms with E-state index in [-0.39, 0.29) is 28.5 Å². The van der Waals surface area contributed by atoms with Gasteiger partial charge in [0.1, 0.15) is 12.1 Å². The molecule has 1 aromatic rings. The van der Waals surface area contributed by atoms with Crippen LogP contribution in [0.1, 0.15) is 71.4 Å². The summed E-state index contributed by atoms with van der Waals surface area (Å²) in [5.41, 5.74) is 1.99. The van der Waals surface area contributed by atoms with Crippen molar-refractivity contribution in [1.29, 1.82) is 0 Å². The van der Waals surface area contributed by atoms with Crippen molar-refractivity contribution in [2.75, 3.05) is 13.5 Å². The Labute approximate surface area is 168 Å². The summed E-state index contributed by atoms with van der Waals surface area (Å²) in [5.74, 6) is 1.06. The predicted molar refractivity (Wildman–Crippen MR) is 115 cm³/mol. The molecule has 0 aliphatic carbocycles. The Morgan fingerprint density at radius 2 is 1.59 bits per heavy atom. The Kier molecular flexibility index (Phi) is 9.56. The summed E-state index contributed by atoms with van der Waals surface area (Å²) in [5, 5.41) is 3.02. The number of para-hydroxylation sites is 1. The fraction of sp³-hybridized carbons (Fsp3) is 0.650. The second kappa shape index (κ2) is 10.7. The van der Waals surface area contributed by atoms with Crippen molar-refractivity contribution in [3.05, 3.63) is 29.3 Å². The smallest absolute Gasteiger partial charge is 0.342 e. The van der Waals surface area contributed by atoms with Crippen molar-refractivity contribution in [3.63, 3.8) is 0 Å². The van der Waals surface area contributed by atoms with Crippen molar-refractivity contribution >= 4 is 24.4 Å². The molecule has 0 amide bonds. The molecule has 1 unspecified atom stereocenters. The molecule has 1 N–H and O–H groups in total. The van der Waals surface area contributed by atoms with Crippen LogP contribution in [0.4, 0.5) is 0 Å². The number of carbonyl (C=O) groups excluding carboxylic acids is 1. The van der Waals surface area contributed by atoms with Gasteiger partial charge in [-0.2, -0.15) is 0 Å². The van der Waals surface area contributed by atoms with E-state index in [1.807, 2.05) is 32.0 Å². The lowest BCUT2D eigenvalue weighted by Crippen LogP contribution is -2.33. The third-order valence-corrected chi connectivity index (χ3v) is 6.87. The maximum Gasteiger partial charge on any atom is 0.342 e. The van der Waals surface area contributed by atoms with Crippen molar-refractivity contribution in [2.45, 2.75) is 71.6 Å². The highest BCUT2D eigenvalue weighted by Crippen LogP contribution is 2.48. The number of rotatable bonds is 10. The maximum atomic E-state index is 13.5. The zero-order chi connectivity index (χ0) is 20.8. The molecule has 0 aliphatic heterocycles. The topological polar surface area (TPSA) is 64.6 Å². The third kappa shape index (κ3) is 7.26. The van der Waals surface area contributed by atoms with Gasteiger partial charge in [0.05, 0.1) is 6.04 Å². The van der Waals surface area contributed by atoms with Crippen LogP contribution in [0.5, 0.6) is 5.75 Å². The van der Waals surface area contributed by atoms with Crippen LogP contribution in [0.2, 0.25) is 0 Å². The molecule has 0 saturated carbocycles. The first kappa shape index (κ1) is 24.2. The molecule has 0 radical (unpaired) electrons. The quantitative estimate of drug-likeness (QED) is 0.491. The lowest BCUT2D eigenvalue weighted by molar-refractivity contribution is -0.112. The van der Waals surface area contributed by atoms with Gasteiger partial charge < -0.3 is 9.26 Å². The normalized spacial score (nSPS) is 15.2. The van der Waals surface area contributed by atoms with Crippen LogP contribution in [0, 0.1) is 0 Å². The van der Waals surface area contributed by atoms with Crippen molar-refractivity contribution in [3.8, 4) is 5.75 Å². The van der Waals surface area contributed by atoms with Crippen LogP contribution in [0.25, 0.3) is 0 Å². The summed E-state index contributed by atoms with van der Waals surface area (Å²) in [6, 6.07) is 5.38. The number of thioether (sulfide) groups is 1. The molecule has 0 fully saturated rings. The van der Waals surface area contributed by atoms with Crippen LogP contribution in [-0.2, 0) is 14.1 Å². The Balaban J connectivity index is 3.22. The zero-order valence-electron chi connectivity index (χ0n) is 17.7. The molecular weight excluding hydrogens is 381 g/mol. The van der Waals surface area contributed by atoms with E-state index in [0.29, 0.717) is 5.75 Å². The molecule has 2 atom stereocenters. The average Bonchev–Trinajstić information content (AvgIpc) is 2.53. The minimum absolute atomic E-state index is 0.0637. The third-order valence-electron chi connectivity index (χ3n) is 3.95. The molecule has 27 heavy (non-hydrogen) atoms. The van der Waals surface area contributed by atoms with Crippen molar-refractivity contribution in [1.82, 2.24) is 5.09 Å². The number of benzene rings is 1. The van der Waals surface area contributed by atoms with Gasteiger partial charge in [0, 0.05) is 12.4 Å². The number of nitrogens with one attached hydrogen (secondary N) is 1. The van der Waals surface area contributed by atoms with Gasteiger partial charge in [0.15, 0.2) is 0 Å². The van der Waals surface area contributed by atoms with Gasteiger partial charge in [0.25, 0.3) is 0 Å². The monoisotopic (exact) mass is 415 g/mol. The van der Waals surface area contributed by atoms with E-state index in [4.69, 9.17) is 9.26 Å². The van der Waals surface area contributed by atoms with Gasteiger partial charge in [-0.1, -0.05) is 71.5 Å². The summed E-state index contributed by atoms with van der Waals surface area (Å²) >= 11 is 1.22. The SMILES string of the molecule is COCP(=O)(N[C@@H](C)C(=O)SC(C)C)Oc1c(C(C)C)cccc1C(C)C. The zero-order valence-corrected chi connectivity index (χ0v) is 19.4. The number of methoxy groups -OCH3 is 1.